The third-order valence-corrected chi connectivity index (χ3v) is 9.61. The number of carbonyl (C=O) groups is 2. The molecular formula is C44H58O12. The van der Waals surface area contributed by atoms with E-state index in [1.165, 1.54) is 31.5 Å². The van der Waals surface area contributed by atoms with Crippen LogP contribution in [-0.2, 0) is 16.0 Å². The van der Waals surface area contributed by atoms with Crippen molar-refractivity contribution in [2.75, 3.05) is 52.9 Å². The number of aryl methyl sites for hydroxylation is 1. The molecule has 0 fully saturated rings. The van der Waals surface area contributed by atoms with Crippen LogP contribution in [0.1, 0.15) is 65.9 Å². The highest BCUT2D eigenvalue weighted by Crippen LogP contribution is 2.45. The first-order valence-electron chi connectivity index (χ1n) is 18.9. The van der Waals surface area contributed by atoms with Gasteiger partial charge in [0.1, 0.15) is 47.7 Å². The van der Waals surface area contributed by atoms with Gasteiger partial charge in [-0.3, -0.25) is 0 Å². The zero-order chi connectivity index (χ0) is 41.3. The fraction of sp³-hybridized carbons (Fsp3) is 0.455. The van der Waals surface area contributed by atoms with E-state index in [9.17, 15) is 30.0 Å². The minimum absolute atomic E-state index is 0.0473. The normalized spacial score (nSPS) is 11.4. The van der Waals surface area contributed by atoms with Gasteiger partial charge in [0.15, 0.2) is 0 Å². The van der Waals surface area contributed by atoms with Gasteiger partial charge in [-0.1, -0.05) is 52.5 Å². The van der Waals surface area contributed by atoms with E-state index in [0.29, 0.717) is 24.2 Å². The minimum Gasteiger partial charge on any atom is -0.493 e. The molecule has 0 aliphatic carbocycles. The summed E-state index contributed by atoms with van der Waals surface area (Å²) >= 11 is 0. The molecule has 12 nitrogen and oxygen atoms in total. The first-order chi connectivity index (χ1) is 26.8. The summed E-state index contributed by atoms with van der Waals surface area (Å²) < 4.78 is 35.9. The van der Waals surface area contributed by atoms with Crippen molar-refractivity contribution in [3.8, 4) is 45.6 Å². The first-order valence-corrected chi connectivity index (χ1v) is 18.9. The van der Waals surface area contributed by atoms with Crippen LogP contribution in [0, 0.1) is 10.8 Å². The average molecular weight is 779 g/mol. The summed E-state index contributed by atoms with van der Waals surface area (Å²) in [5, 5.41) is 40.3. The molecule has 306 valence electrons. The number of rotatable bonds is 25. The summed E-state index contributed by atoms with van der Waals surface area (Å²) in [4.78, 5) is 26.1. The van der Waals surface area contributed by atoms with E-state index in [-0.39, 0.29) is 98.3 Å². The van der Waals surface area contributed by atoms with E-state index in [0.717, 1.165) is 19.3 Å². The second-order valence-electron chi connectivity index (χ2n) is 14.2. The highest BCUT2D eigenvalue weighted by Gasteiger charge is 2.30. The molecule has 0 aliphatic heterocycles. The number of aliphatic hydroxyl groups excluding tert-OH is 4. The monoisotopic (exact) mass is 778 g/mol. The lowest BCUT2D eigenvalue weighted by Gasteiger charge is -2.29. The molecule has 0 atom stereocenters. The molecule has 56 heavy (non-hydrogen) atoms. The largest absolute Gasteiger partial charge is 0.493 e. The number of aliphatic hydroxyl groups is 4. The number of unbranched alkanes of at least 4 members (excludes halogenated alkanes) is 1. The molecule has 3 rings (SSSR count). The van der Waals surface area contributed by atoms with Gasteiger partial charge in [-0.15, -0.1) is 0 Å². The zero-order valence-corrected chi connectivity index (χ0v) is 33.4. The smallest absolute Gasteiger partial charge is 0.338 e. The molecule has 0 bridgehead atoms. The van der Waals surface area contributed by atoms with Crippen molar-refractivity contribution in [1.82, 2.24) is 0 Å². The van der Waals surface area contributed by atoms with E-state index >= 15 is 0 Å². The topological polar surface area (TPSA) is 170 Å². The SMILES string of the molecule is C=C(C)C(=O)Oc1cc(OCCOc2ccc(CCCC)cc2)cc(OC(=O)C(=C)C)c1-c1cc(OCC(CC)(CO)CO)cc(OCC(CC)(CO)CO)c1. The summed E-state index contributed by atoms with van der Waals surface area (Å²) in [5.74, 6) is -0.264. The molecule has 12 heteroatoms. The Morgan fingerprint density at radius 2 is 1.04 bits per heavy atom. The molecule has 0 heterocycles. The predicted molar refractivity (Wildman–Crippen MR) is 214 cm³/mol. The van der Waals surface area contributed by atoms with Crippen LogP contribution in [0.25, 0.3) is 11.1 Å². The van der Waals surface area contributed by atoms with Gasteiger partial charge in [0.05, 0.1) is 56.0 Å². The second kappa shape index (κ2) is 22.0. The summed E-state index contributed by atoms with van der Waals surface area (Å²) in [5.41, 5.74) is -0.00608. The van der Waals surface area contributed by atoms with Crippen molar-refractivity contribution < 1.29 is 58.4 Å². The van der Waals surface area contributed by atoms with Gasteiger partial charge in [-0.05, 0) is 74.9 Å². The Hall–Kier alpha value is -4.88. The Morgan fingerprint density at radius 3 is 1.43 bits per heavy atom. The Kier molecular flexibility index (Phi) is 17.9. The van der Waals surface area contributed by atoms with Crippen LogP contribution in [0.4, 0.5) is 0 Å². The number of benzene rings is 3. The second-order valence-corrected chi connectivity index (χ2v) is 14.2. The number of esters is 2. The van der Waals surface area contributed by atoms with E-state index in [4.69, 9.17) is 28.4 Å². The van der Waals surface area contributed by atoms with Crippen LogP contribution in [0.5, 0.6) is 34.5 Å². The van der Waals surface area contributed by atoms with Crippen LogP contribution < -0.4 is 28.4 Å². The third kappa shape index (κ3) is 12.8. The first kappa shape index (κ1) is 45.5. The molecule has 0 spiro atoms. The molecule has 0 saturated heterocycles. The summed E-state index contributed by atoms with van der Waals surface area (Å²) in [6.07, 6.45) is 4.04. The van der Waals surface area contributed by atoms with Crippen molar-refractivity contribution in [3.63, 3.8) is 0 Å². The maximum absolute atomic E-state index is 13.1. The van der Waals surface area contributed by atoms with Crippen molar-refractivity contribution in [1.29, 1.82) is 0 Å². The van der Waals surface area contributed by atoms with E-state index in [1.807, 2.05) is 38.1 Å². The van der Waals surface area contributed by atoms with Crippen LogP contribution >= 0.6 is 0 Å². The van der Waals surface area contributed by atoms with Crippen molar-refractivity contribution >= 4 is 11.9 Å². The van der Waals surface area contributed by atoms with Gasteiger partial charge in [-0.25, -0.2) is 9.59 Å². The highest BCUT2D eigenvalue weighted by atomic mass is 16.6. The van der Waals surface area contributed by atoms with Gasteiger partial charge in [-0.2, -0.15) is 0 Å². The van der Waals surface area contributed by atoms with Crippen LogP contribution in [0.2, 0.25) is 0 Å². The lowest BCUT2D eigenvalue weighted by atomic mass is 9.88. The third-order valence-electron chi connectivity index (χ3n) is 9.61. The molecule has 0 saturated carbocycles. The molecular weight excluding hydrogens is 720 g/mol. The molecule has 0 amide bonds. The maximum Gasteiger partial charge on any atom is 0.338 e. The molecule has 3 aromatic carbocycles. The van der Waals surface area contributed by atoms with Crippen LogP contribution in [0.15, 0.2) is 78.9 Å². The Bertz CT molecular complexity index is 1650. The summed E-state index contributed by atoms with van der Waals surface area (Å²) in [6, 6.07) is 15.6. The molecule has 0 aromatic heterocycles. The predicted octanol–water partition coefficient (Wildman–Crippen LogP) is 6.64. The fourth-order valence-corrected chi connectivity index (χ4v) is 5.21. The van der Waals surface area contributed by atoms with Gasteiger partial charge < -0.3 is 48.8 Å². The van der Waals surface area contributed by atoms with Gasteiger partial charge in [0, 0.05) is 29.3 Å². The Labute approximate surface area is 330 Å². The number of carbonyl (C=O) groups excluding carboxylic acids is 2. The van der Waals surface area contributed by atoms with E-state index in [2.05, 4.69) is 20.1 Å². The Morgan fingerprint density at radius 1 is 0.607 bits per heavy atom. The molecule has 0 aliphatic rings. The van der Waals surface area contributed by atoms with Gasteiger partial charge >= 0.3 is 11.9 Å². The zero-order valence-electron chi connectivity index (χ0n) is 33.4. The van der Waals surface area contributed by atoms with Crippen molar-refractivity contribution in [2.45, 2.75) is 66.7 Å². The number of hydrogen-bond acceptors (Lipinski definition) is 12. The van der Waals surface area contributed by atoms with Gasteiger partial charge in [0.25, 0.3) is 0 Å². The average Bonchev–Trinajstić information content (AvgIpc) is 3.20. The summed E-state index contributed by atoms with van der Waals surface area (Å²) in [7, 11) is 0. The standard InChI is InChI=1S/C44H58O12/c1-8-11-12-32-13-15-34(16-14-32)51-17-18-52-37-22-38(55-41(49)30(4)5)40(39(23-37)56-42(50)31(6)7)33-19-35(53-28-43(9-2,24-45)25-46)21-36(20-33)54-29-44(10-3,26-47)27-48/h13-16,19-23,45-48H,4,6,8-12,17-18,24-29H2,1-3,5,7H3. The van der Waals surface area contributed by atoms with E-state index in [1.54, 1.807) is 18.2 Å². The van der Waals surface area contributed by atoms with Crippen LogP contribution in [0.3, 0.4) is 0 Å². The number of ether oxygens (including phenoxy) is 6. The van der Waals surface area contributed by atoms with Crippen LogP contribution in [-0.4, -0.2) is 85.2 Å². The molecule has 4 N–H and O–H groups in total. The summed E-state index contributed by atoms with van der Waals surface area (Å²) in [6.45, 7) is 15.0. The van der Waals surface area contributed by atoms with Crippen molar-refractivity contribution in [3.05, 3.63) is 84.5 Å². The lowest BCUT2D eigenvalue weighted by molar-refractivity contribution is -0.130. The van der Waals surface area contributed by atoms with Gasteiger partial charge in [0.2, 0.25) is 0 Å². The highest BCUT2D eigenvalue weighted by molar-refractivity contribution is 5.93. The fourth-order valence-electron chi connectivity index (χ4n) is 5.21. The minimum atomic E-state index is -0.951. The van der Waals surface area contributed by atoms with E-state index < -0.39 is 22.8 Å². The lowest BCUT2D eigenvalue weighted by Crippen LogP contribution is -2.36. The molecule has 0 unspecified atom stereocenters. The maximum atomic E-state index is 13.1. The molecule has 0 radical (unpaired) electrons. The molecule has 3 aromatic rings. The Balaban J connectivity index is 2.13. The quantitative estimate of drug-likeness (QED) is 0.0314. The van der Waals surface area contributed by atoms with Crippen molar-refractivity contribution in [2.24, 2.45) is 10.8 Å². The number of hydrogen-bond donors (Lipinski definition) is 4.